The number of hydrogen-bond acceptors (Lipinski definition) is 4. The third kappa shape index (κ3) is 3.51. The topological polar surface area (TPSA) is 76.0 Å². The van der Waals surface area contributed by atoms with E-state index < -0.39 is 0 Å². The largest absolute Gasteiger partial charge is 0.497 e. The molecule has 25 heavy (non-hydrogen) atoms. The zero-order valence-electron chi connectivity index (χ0n) is 14.2. The molecule has 0 aliphatic heterocycles. The molecule has 0 aliphatic rings. The quantitative estimate of drug-likeness (QED) is 0.760. The SMILES string of the molecule is COc1ccc(-c2cc(C(=O)N(C)Cc3c(Cl)cnn3C)[nH]n2)cc1. The number of aryl methyl sites for hydroxylation is 1. The number of ether oxygens (including phenoxy) is 1. The summed E-state index contributed by atoms with van der Waals surface area (Å²) >= 11 is 6.10. The summed E-state index contributed by atoms with van der Waals surface area (Å²) in [6.07, 6.45) is 1.56. The van der Waals surface area contributed by atoms with Gasteiger partial charge in [-0.15, -0.1) is 0 Å². The highest BCUT2D eigenvalue weighted by Gasteiger charge is 2.18. The van der Waals surface area contributed by atoms with Crippen molar-refractivity contribution in [2.75, 3.05) is 14.2 Å². The second-order valence-corrected chi connectivity index (χ2v) is 6.03. The van der Waals surface area contributed by atoms with Crippen molar-refractivity contribution >= 4 is 17.5 Å². The van der Waals surface area contributed by atoms with E-state index in [-0.39, 0.29) is 5.91 Å². The summed E-state index contributed by atoms with van der Waals surface area (Å²) < 4.78 is 6.80. The number of H-pyrrole nitrogens is 1. The fourth-order valence-corrected chi connectivity index (χ4v) is 2.68. The van der Waals surface area contributed by atoms with Crippen LogP contribution in [0.1, 0.15) is 16.2 Å². The van der Waals surface area contributed by atoms with Crippen LogP contribution in [0.15, 0.2) is 36.5 Å². The van der Waals surface area contributed by atoms with Crippen LogP contribution >= 0.6 is 11.6 Å². The van der Waals surface area contributed by atoms with Gasteiger partial charge in [-0.3, -0.25) is 14.6 Å². The van der Waals surface area contributed by atoms with Gasteiger partial charge in [0.15, 0.2) is 0 Å². The number of aromatic amines is 1. The predicted molar refractivity (Wildman–Crippen MR) is 94.6 cm³/mol. The number of aromatic nitrogens is 4. The van der Waals surface area contributed by atoms with E-state index >= 15 is 0 Å². The van der Waals surface area contributed by atoms with E-state index in [1.165, 1.54) is 0 Å². The summed E-state index contributed by atoms with van der Waals surface area (Å²) in [5.41, 5.74) is 2.77. The van der Waals surface area contributed by atoms with Crippen LogP contribution in [0, 0.1) is 0 Å². The number of carbonyl (C=O) groups is 1. The normalized spacial score (nSPS) is 10.7. The molecule has 2 aromatic heterocycles. The van der Waals surface area contributed by atoms with Gasteiger partial charge >= 0.3 is 0 Å². The third-order valence-corrected chi connectivity index (χ3v) is 4.25. The molecule has 0 bridgehead atoms. The highest BCUT2D eigenvalue weighted by atomic mass is 35.5. The standard InChI is InChI=1S/C17H18ClN5O2/c1-22(10-16-13(18)9-19-23(16)2)17(24)15-8-14(20-21-15)11-4-6-12(25-3)7-5-11/h4-9H,10H2,1-3H3,(H,20,21). The van der Waals surface area contributed by atoms with Gasteiger partial charge in [0.2, 0.25) is 0 Å². The summed E-state index contributed by atoms with van der Waals surface area (Å²) in [5.74, 6) is 0.591. The van der Waals surface area contributed by atoms with Gasteiger partial charge in [0.1, 0.15) is 11.4 Å². The molecule has 0 saturated carbocycles. The number of methoxy groups -OCH3 is 1. The fourth-order valence-electron chi connectivity index (χ4n) is 2.46. The molecular weight excluding hydrogens is 342 g/mol. The van der Waals surface area contributed by atoms with Crippen LogP contribution in [0.25, 0.3) is 11.3 Å². The first-order valence-electron chi connectivity index (χ1n) is 7.61. The average molecular weight is 360 g/mol. The number of hydrogen-bond donors (Lipinski definition) is 1. The van der Waals surface area contributed by atoms with Gasteiger partial charge in [-0.05, 0) is 30.3 Å². The maximum atomic E-state index is 12.6. The van der Waals surface area contributed by atoms with Crippen molar-refractivity contribution in [3.05, 3.63) is 52.9 Å². The maximum absolute atomic E-state index is 12.6. The first kappa shape index (κ1) is 17.0. The number of amides is 1. The molecule has 1 aromatic carbocycles. The zero-order chi connectivity index (χ0) is 18.0. The van der Waals surface area contributed by atoms with E-state index in [2.05, 4.69) is 15.3 Å². The van der Waals surface area contributed by atoms with Crippen molar-refractivity contribution in [2.45, 2.75) is 6.54 Å². The van der Waals surface area contributed by atoms with Crippen LogP contribution in [-0.4, -0.2) is 44.9 Å². The molecule has 3 aromatic rings. The van der Waals surface area contributed by atoms with Crippen LogP contribution < -0.4 is 4.74 Å². The number of carbonyl (C=O) groups excluding carboxylic acids is 1. The van der Waals surface area contributed by atoms with Crippen LogP contribution in [0.5, 0.6) is 5.75 Å². The minimum atomic E-state index is -0.176. The Kier molecular flexibility index (Phi) is 4.76. The van der Waals surface area contributed by atoms with Crippen molar-refractivity contribution in [3.8, 4) is 17.0 Å². The number of rotatable bonds is 5. The highest BCUT2D eigenvalue weighted by molar-refractivity contribution is 6.31. The Labute approximate surface area is 150 Å². The molecule has 0 aliphatic carbocycles. The Balaban J connectivity index is 1.75. The second kappa shape index (κ2) is 6.98. The Morgan fingerprint density at radius 2 is 2.08 bits per heavy atom. The first-order chi connectivity index (χ1) is 12.0. The summed E-state index contributed by atoms with van der Waals surface area (Å²) in [5, 5.41) is 11.6. The predicted octanol–water partition coefficient (Wildman–Crippen LogP) is 2.74. The molecule has 0 saturated heterocycles. The number of benzene rings is 1. The monoisotopic (exact) mass is 359 g/mol. The molecule has 1 amide bonds. The van der Waals surface area contributed by atoms with Crippen molar-refractivity contribution < 1.29 is 9.53 Å². The molecule has 0 fully saturated rings. The molecule has 0 radical (unpaired) electrons. The van der Waals surface area contributed by atoms with Crippen molar-refractivity contribution in [1.82, 2.24) is 24.9 Å². The number of nitrogens with zero attached hydrogens (tertiary/aromatic N) is 4. The maximum Gasteiger partial charge on any atom is 0.271 e. The summed E-state index contributed by atoms with van der Waals surface area (Å²) in [4.78, 5) is 14.2. The van der Waals surface area contributed by atoms with E-state index in [1.807, 2.05) is 24.3 Å². The molecule has 130 valence electrons. The van der Waals surface area contributed by atoms with Crippen molar-refractivity contribution in [2.24, 2.45) is 7.05 Å². The van der Waals surface area contributed by atoms with E-state index in [4.69, 9.17) is 16.3 Å². The van der Waals surface area contributed by atoms with Gasteiger partial charge in [0.05, 0.1) is 36.3 Å². The molecule has 0 unspecified atom stereocenters. The van der Waals surface area contributed by atoms with E-state index in [1.54, 1.807) is 43.1 Å². The Hall–Kier alpha value is -2.80. The highest BCUT2D eigenvalue weighted by Crippen LogP contribution is 2.22. The van der Waals surface area contributed by atoms with Gasteiger partial charge in [0, 0.05) is 19.7 Å². The molecule has 0 spiro atoms. The smallest absolute Gasteiger partial charge is 0.271 e. The van der Waals surface area contributed by atoms with Gasteiger partial charge in [0.25, 0.3) is 5.91 Å². The van der Waals surface area contributed by atoms with Gasteiger partial charge in [-0.1, -0.05) is 11.6 Å². The number of nitrogens with one attached hydrogen (secondary N) is 1. The molecule has 1 N–H and O–H groups in total. The number of halogens is 1. The van der Waals surface area contributed by atoms with Gasteiger partial charge < -0.3 is 9.64 Å². The lowest BCUT2D eigenvalue weighted by Crippen LogP contribution is -2.27. The molecule has 2 heterocycles. The summed E-state index contributed by atoms with van der Waals surface area (Å²) in [7, 11) is 5.11. The minimum Gasteiger partial charge on any atom is -0.497 e. The van der Waals surface area contributed by atoms with E-state index in [0.717, 1.165) is 17.0 Å². The van der Waals surface area contributed by atoms with Crippen LogP contribution in [0.2, 0.25) is 5.02 Å². The van der Waals surface area contributed by atoms with Crippen LogP contribution in [-0.2, 0) is 13.6 Å². The zero-order valence-corrected chi connectivity index (χ0v) is 14.9. The van der Waals surface area contributed by atoms with Crippen molar-refractivity contribution in [1.29, 1.82) is 0 Å². The Bertz CT molecular complexity index is 865. The van der Waals surface area contributed by atoms with Crippen LogP contribution in [0.4, 0.5) is 0 Å². The van der Waals surface area contributed by atoms with Gasteiger partial charge in [-0.2, -0.15) is 10.2 Å². The molecular formula is C17H18ClN5O2. The molecule has 3 rings (SSSR count). The lowest BCUT2D eigenvalue weighted by molar-refractivity contribution is 0.0776. The van der Waals surface area contributed by atoms with Crippen molar-refractivity contribution in [3.63, 3.8) is 0 Å². The van der Waals surface area contributed by atoms with E-state index in [9.17, 15) is 4.79 Å². The van der Waals surface area contributed by atoms with E-state index in [0.29, 0.717) is 23.0 Å². The lowest BCUT2D eigenvalue weighted by Gasteiger charge is -2.16. The average Bonchev–Trinajstić information content (AvgIpc) is 3.23. The third-order valence-electron chi connectivity index (χ3n) is 3.94. The Morgan fingerprint density at radius 3 is 2.68 bits per heavy atom. The summed E-state index contributed by atoms with van der Waals surface area (Å²) in [6, 6.07) is 9.21. The van der Waals surface area contributed by atoms with Crippen LogP contribution in [0.3, 0.4) is 0 Å². The molecule has 7 nitrogen and oxygen atoms in total. The minimum absolute atomic E-state index is 0.176. The molecule has 8 heteroatoms. The summed E-state index contributed by atoms with van der Waals surface area (Å²) in [6.45, 7) is 0.352. The second-order valence-electron chi connectivity index (χ2n) is 5.62. The first-order valence-corrected chi connectivity index (χ1v) is 7.99. The Morgan fingerprint density at radius 1 is 1.36 bits per heavy atom. The van der Waals surface area contributed by atoms with Gasteiger partial charge in [-0.25, -0.2) is 0 Å². The lowest BCUT2D eigenvalue weighted by atomic mass is 10.1. The molecule has 0 atom stereocenters. The fraction of sp³-hybridized carbons (Fsp3) is 0.235.